The number of likely N-dealkylation sites (N-methyl/N-ethyl adjacent to an activating group) is 1. The van der Waals surface area contributed by atoms with E-state index in [0.29, 0.717) is 17.4 Å². The van der Waals surface area contributed by atoms with Crippen LogP contribution in [0.4, 0.5) is 0 Å². The molecule has 0 radical (unpaired) electrons. The van der Waals surface area contributed by atoms with Gasteiger partial charge in [-0.25, -0.2) is 4.57 Å². The van der Waals surface area contributed by atoms with Gasteiger partial charge in [0, 0.05) is 6.42 Å². The molecule has 0 bridgehead atoms. The molecule has 0 aliphatic heterocycles. The average Bonchev–Trinajstić information content (AvgIpc) is 3.38. The van der Waals surface area contributed by atoms with Crippen molar-refractivity contribution < 1.29 is 32.9 Å². The standard InChI is InChI=1S/C67H131N2O6P/c1-6-8-10-12-14-16-18-20-22-24-26-27-28-29-30-31-32-33-34-35-36-37-38-39-40-41-43-45-47-49-51-53-55-57-59-61-67(71)68-65(64-75-76(72,73)74-63-62-69(3,4)5)66(70)60-58-56-54-52-50-48-46-44-42-25-23-21-19-17-15-13-11-9-7-2/h31-32,50,52,58,60,65-66,70H,6-30,33-49,51,53-57,59,61-64H2,1-5H3,(H-,68,71,72,73)/p+1/b32-31-,52-50+,60-58+. The van der Waals surface area contributed by atoms with Crippen molar-refractivity contribution in [3.05, 3.63) is 36.5 Å². The molecule has 76 heavy (non-hydrogen) atoms. The highest BCUT2D eigenvalue weighted by Gasteiger charge is 2.28. The van der Waals surface area contributed by atoms with E-state index >= 15 is 0 Å². The first-order valence-electron chi connectivity index (χ1n) is 33.4. The Hall–Kier alpha value is -1.28. The fourth-order valence-electron chi connectivity index (χ4n) is 10.1. The number of unbranched alkanes of at least 4 members (excludes halogenated alkanes) is 45. The molecule has 0 aromatic carbocycles. The van der Waals surface area contributed by atoms with Crippen LogP contribution < -0.4 is 5.32 Å². The van der Waals surface area contributed by atoms with Crippen molar-refractivity contribution in [2.45, 2.75) is 347 Å². The van der Waals surface area contributed by atoms with Gasteiger partial charge in [0.1, 0.15) is 13.2 Å². The summed E-state index contributed by atoms with van der Waals surface area (Å²) in [6.07, 6.45) is 77.2. The molecule has 3 N–H and O–H groups in total. The quantitative estimate of drug-likeness (QED) is 0.0243. The van der Waals surface area contributed by atoms with Gasteiger partial charge in [0.15, 0.2) is 0 Å². The summed E-state index contributed by atoms with van der Waals surface area (Å²) < 4.78 is 23.7. The zero-order valence-electron chi connectivity index (χ0n) is 51.5. The maximum absolute atomic E-state index is 13.0. The van der Waals surface area contributed by atoms with Crippen LogP contribution in [0.5, 0.6) is 0 Å². The maximum Gasteiger partial charge on any atom is 0.472 e. The zero-order valence-corrected chi connectivity index (χ0v) is 52.4. The second-order valence-corrected chi connectivity index (χ2v) is 25.6. The summed E-state index contributed by atoms with van der Waals surface area (Å²) in [5, 5.41) is 13.9. The van der Waals surface area contributed by atoms with Gasteiger partial charge < -0.3 is 19.8 Å². The van der Waals surface area contributed by atoms with Crippen LogP contribution in [0.25, 0.3) is 0 Å². The Balaban J connectivity index is 4.02. The highest BCUT2D eigenvalue weighted by molar-refractivity contribution is 7.47. The third-order valence-corrected chi connectivity index (χ3v) is 16.3. The number of carbonyl (C=O) groups is 1. The summed E-state index contributed by atoms with van der Waals surface area (Å²) in [7, 11) is 1.57. The first kappa shape index (κ1) is 74.7. The van der Waals surface area contributed by atoms with Crippen molar-refractivity contribution in [3.8, 4) is 0 Å². The minimum absolute atomic E-state index is 0.0577. The van der Waals surface area contributed by atoms with E-state index in [1.165, 1.54) is 276 Å². The normalized spacial score (nSPS) is 13.9. The Bertz CT molecular complexity index is 1330. The third kappa shape index (κ3) is 60.4. The second kappa shape index (κ2) is 58.4. The third-order valence-electron chi connectivity index (χ3n) is 15.3. The van der Waals surface area contributed by atoms with E-state index < -0.39 is 20.0 Å². The molecule has 0 heterocycles. The molecule has 450 valence electrons. The zero-order chi connectivity index (χ0) is 55.6. The second-order valence-electron chi connectivity index (χ2n) is 24.2. The van der Waals surface area contributed by atoms with E-state index in [0.717, 1.165) is 38.5 Å². The van der Waals surface area contributed by atoms with Crippen molar-refractivity contribution in [2.75, 3.05) is 40.9 Å². The lowest BCUT2D eigenvalue weighted by atomic mass is 10.0. The van der Waals surface area contributed by atoms with Crippen molar-refractivity contribution >= 4 is 13.7 Å². The number of hydrogen-bond donors (Lipinski definition) is 3. The van der Waals surface area contributed by atoms with Gasteiger partial charge in [0.25, 0.3) is 0 Å². The summed E-state index contributed by atoms with van der Waals surface area (Å²) in [5.74, 6) is -0.181. The van der Waals surface area contributed by atoms with E-state index in [-0.39, 0.29) is 19.1 Å². The molecule has 0 saturated heterocycles. The molecule has 3 unspecified atom stereocenters. The van der Waals surface area contributed by atoms with Gasteiger partial charge in [-0.1, -0.05) is 307 Å². The lowest BCUT2D eigenvalue weighted by molar-refractivity contribution is -0.870. The predicted molar refractivity (Wildman–Crippen MR) is 332 cm³/mol. The van der Waals surface area contributed by atoms with Gasteiger partial charge in [-0.2, -0.15) is 0 Å². The number of quaternary nitrogens is 1. The summed E-state index contributed by atoms with van der Waals surface area (Å²) in [4.78, 5) is 23.4. The average molecular weight is 1090 g/mol. The van der Waals surface area contributed by atoms with Crippen molar-refractivity contribution in [2.24, 2.45) is 0 Å². The van der Waals surface area contributed by atoms with Crippen LogP contribution in [0.2, 0.25) is 0 Å². The van der Waals surface area contributed by atoms with E-state index in [4.69, 9.17) is 9.05 Å². The lowest BCUT2D eigenvalue weighted by Crippen LogP contribution is -2.45. The number of aliphatic hydroxyl groups excluding tert-OH is 1. The molecule has 0 saturated carbocycles. The highest BCUT2D eigenvalue weighted by Crippen LogP contribution is 2.43. The molecular formula is C67H132N2O6P+. The summed E-state index contributed by atoms with van der Waals surface area (Å²) in [5.41, 5.74) is 0. The van der Waals surface area contributed by atoms with Crippen LogP contribution in [0, 0.1) is 0 Å². The number of nitrogens with one attached hydrogen (secondary N) is 1. The van der Waals surface area contributed by atoms with E-state index in [1.807, 2.05) is 27.2 Å². The Morgan fingerprint density at radius 2 is 0.724 bits per heavy atom. The first-order valence-corrected chi connectivity index (χ1v) is 34.9. The van der Waals surface area contributed by atoms with E-state index in [9.17, 15) is 19.4 Å². The molecule has 3 atom stereocenters. The molecule has 0 aliphatic rings. The van der Waals surface area contributed by atoms with Gasteiger partial charge in [-0.05, 0) is 57.8 Å². The molecule has 0 fully saturated rings. The molecular weight excluding hydrogens is 960 g/mol. The highest BCUT2D eigenvalue weighted by atomic mass is 31.2. The lowest BCUT2D eigenvalue weighted by Gasteiger charge is -2.25. The Labute approximate surface area is 474 Å². The number of phosphoric acid groups is 1. The van der Waals surface area contributed by atoms with E-state index in [2.05, 4.69) is 43.5 Å². The number of rotatable bonds is 62. The largest absolute Gasteiger partial charge is 0.472 e. The van der Waals surface area contributed by atoms with Gasteiger partial charge in [0.2, 0.25) is 5.91 Å². The minimum atomic E-state index is -4.36. The van der Waals surface area contributed by atoms with Crippen LogP contribution in [0.15, 0.2) is 36.5 Å². The van der Waals surface area contributed by atoms with Crippen molar-refractivity contribution in [3.63, 3.8) is 0 Å². The molecule has 0 rings (SSSR count). The smallest absolute Gasteiger partial charge is 0.387 e. The summed E-state index contributed by atoms with van der Waals surface area (Å²) in [6, 6.07) is -0.863. The Morgan fingerprint density at radius 1 is 0.434 bits per heavy atom. The SMILES string of the molecule is CCCCCCCCCCCCCCC/C=C/CC/C=C/C(O)C(COP(=O)(O)OCC[N+](C)(C)C)NC(=O)CCCCCCCCCCCCCCCCCCC/C=C\CCCCCCCCCCCCCCCC. The molecule has 0 aromatic rings. The fraction of sp³-hybridized carbons (Fsp3) is 0.896. The van der Waals surface area contributed by atoms with Crippen LogP contribution in [0.1, 0.15) is 335 Å². The fourth-order valence-corrected chi connectivity index (χ4v) is 10.9. The molecule has 8 nitrogen and oxygen atoms in total. The van der Waals surface area contributed by atoms with Gasteiger partial charge in [-0.15, -0.1) is 0 Å². The summed E-state index contributed by atoms with van der Waals surface area (Å²) in [6.45, 7) is 4.84. The van der Waals surface area contributed by atoms with Crippen molar-refractivity contribution in [1.82, 2.24) is 5.32 Å². The molecule has 1 amide bonds. The number of aliphatic hydroxyl groups is 1. The molecule has 0 aromatic heterocycles. The number of phosphoric ester groups is 1. The number of carbonyl (C=O) groups excluding carboxylic acids is 1. The van der Waals surface area contributed by atoms with Crippen molar-refractivity contribution in [1.29, 1.82) is 0 Å². The number of allylic oxidation sites excluding steroid dienone is 5. The Kier molecular flexibility index (Phi) is 57.4. The predicted octanol–water partition coefficient (Wildman–Crippen LogP) is 20.9. The van der Waals surface area contributed by atoms with Crippen LogP contribution in [-0.2, 0) is 18.4 Å². The monoisotopic (exact) mass is 1090 g/mol. The van der Waals surface area contributed by atoms with Crippen LogP contribution >= 0.6 is 7.82 Å². The van der Waals surface area contributed by atoms with Crippen LogP contribution in [-0.4, -0.2) is 73.4 Å². The van der Waals surface area contributed by atoms with E-state index in [1.54, 1.807) is 6.08 Å². The molecule has 9 heteroatoms. The number of amides is 1. The summed E-state index contributed by atoms with van der Waals surface area (Å²) >= 11 is 0. The topological polar surface area (TPSA) is 105 Å². The first-order chi connectivity index (χ1) is 37.0. The molecule has 0 spiro atoms. The molecule has 0 aliphatic carbocycles. The number of nitrogens with zero attached hydrogens (tertiary/aromatic N) is 1. The minimum Gasteiger partial charge on any atom is -0.387 e. The van der Waals surface area contributed by atoms with Gasteiger partial charge in [-0.3, -0.25) is 13.8 Å². The number of hydrogen-bond acceptors (Lipinski definition) is 5. The van der Waals surface area contributed by atoms with Gasteiger partial charge in [0.05, 0.1) is 39.9 Å². The maximum atomic E-state index is 13.0. The van der Waals surface area contributed by atoms with Crippen LogP contribution in [0.3, 0.4) is 0 Å². The Morgan fingerprint density at radius 3 is 1.05 bits per heavy atom. The van der Waals surface area contributed by atoms with Gasteiger partial charge >= 0.3 is 7.82 Å².